The number of aromatic nitrogens is 1. The lowest BCUT2D eigenvalue weighted by Gasteiger charge is -2.18. The molecule has 11 rings (SSSR count). The average Bonchev–Trinajstić information content (AvgIpc) is 3.59. The molecule has 0 fully saturated rings. The molecule has 256 valence electrons. The Labute approximate surface area is 320 Å². The molecule has 1 aromatic heterocycles. The van der Waals surface area contributed by atoms with E-state index in [0.29, 0.717) is 0 Å². The largest absolute Gasteiger partial charge is 0.309 e. The summed E-state index contributed by atoms with van der Waals surface area (Å²) in [7, 11) is 0. The molecule has 0 aliphatic carbocycles. The lowest BCUT2D eigenvalue weighted by Crippen LogP contribution is -1.93. The molecule has 1 nitrogen and oxygen atoms in total. The van der Waals surface area contributed by atoms with Crippen molar-refractivity contribution in [2.24, 2.45) is 0 Å². The van der Waals surface area contributed by atoms with E-state index < -0.39 is 0 Å². The van der Waals surface area contributed by atoms with Crippen molar-refractivity contribution >= 4 is 54.1 Å². The minimum atomic E-state index is 1.16. The number of rotatable bonds is 5. The molecule has 1 heteroatoms. The fraction of sp³-hybridized carbons (Fsp3) is 0. The molecule has 0 aliphatic heterocycles. The van der Waals surface area contributed by atoms with Gasteiger partial charge in [0.2, 0.25) is 0 Å². The van der Waals surface area contributed by atoms with Gasteiger partial charge in [-0.25, -0.2) is 0 Å². The molecule has 0 saturated carbocycles. The Morgan fingerprint density at radius 2 is 0.709 bits per heavy atom. The van der Waals surface area contributed by atoms with Gasteiger partial charge in [0.05, 0.1) is 11.0 Å². The minimum absolute atomic E-state index is 1.16. The van der Waals surface area contributed by atoms with E-state index in [9.17, 15) is 0 Å². The second-order valence-electron chi connectivity index (χ2n) is 14.4. The SMILES string of the molecule is c1ccc(-c2c3ccccc3c(-c3ccccc3)c3cc(-c4ccc5c(c4)c4cc(-c6cccc7ccccc67)ccc4n5-c4ccccc4)ccc23)cc1. The van der Waals surface area contributed by atoms with Gasteiger partial charge in [-0.1, -0.05) is 170 Å². The number of benzene rings is 10. The predicted molar refractivity (Wildman–Crippen MR) is 235 cm³/mol. The van der Waals surface area contributed by atoms with Crippen molar-refractivity contribution in [2.45, 2.75) is 0 Å². The molecular weight excluding hydrogens is 663 g/mol. The summed E-state index contributed by atoms with van der Waals surface area (Å²) in [6, 6.07) is 77.8. The van der Waals surface area contributed by atoms with Crippen LogP contribution in [0.15, 0.2) is 212 Å². The highest BCUT2D eigenvalue weighted by molar-refractivity contribution is 6.22. The molecular formula is C54H35N. The van der Waals surface area contributed by atoms with Gasteiger partial charge in [0.25, 0.3) is 0 Å². The monoisotopic (exact) mass is 697 g/mol. The fourth-order valence-electron chi connectivity index (χ4n) is 8.89. The minimum Gasteiger partial charge on any atom is -0.309 e. The number of fused-ring (bicyclic) bond motifs is 6. The van der Waals surface area contributed by atoms with E-state index in [0.717, 1.165) is 5.69 Å². The van der Waals surface area contributed by atoms with Crippen molar-refractivity contribution in [1.29, 1.82) is 0 Å². The van der Waals surface area contributed by atoms with Crippen molar-refractivity contribution in [3.05, 3.63) is 212 Å². The summed E-state index contributed by atoms with van der Waals surface area (Å²) >= 11 is 0. The van der Waals surface area contributed by atoms with Crippen molar-refractivity contribution in [1.82, 2.24) is 4.57 Å². The van der Waals surface area contributed by atoms with Crippen LogP contribution in [0.25, 0.3) is 104 Å². The number of hydrogen-bond acceptors (Lipinski definition) is 0. The van der Waals surface area contributed by atoms with Crippen molar-refractivity contribution in [2.75, 3.05) is 0 Å². The van der Waals surface area contributed by atoms with Crippen molar-refractivity contribution in [3.63, 3.8) is 0 Å². The second-order valence-corrected chi connectivity index (χ2v) is 14.4. The van der Waals surface area contributed by atoms with E-state index in [4.69, 9.17) is 0 Å². The van der Waals surface area contributed by atoms with E-state index >= 15 is 0 Å². The number of para-hydroxylation sites is 1. The topological polar surface area (TPSA) is 4.93 Å². The van der Waals surface area contributed by atoms with Crippen LogP contribution < -0.4 is 0 Å². The second kappa shape index (κ2) is 12.7. The first-order valence-corrected chi connectivity index (χ1v) is 19.0. The Balaban J connectivity index is 1.18. The van der Waals surface area contributed by atoms with Gasteiger partial charge in [0.1, 0.15) is 0 Å². The fourth-order valence-corrected chi connectivity index (χ4v) is 8.89. The lowest BCUT2D eigenvalue weighted by molar-refractivity contribution is 1.18. The van der Waals surface area contributed by atoms with E-state index in [1.807, 2.05) is 0 Å². The first-order chi connectivity index (χ1) is 27.3. The Kier molecular flexibility index (Phi) is 7.25. The number of hydrogen-bond donors (Lipinski definition) is 0. The zero-order valence-corrected chi connectivity index (χ0v) is 30.2. The van der Waals surface area contributed by atoms with E-state index in [2.05, 4.69) is 217 Å². The van der Waals surface area contributed by atoms with Crippen LogP contribution in [0.3, 0.4) is 0 Å². The van der Waals surface area contributed by atoms with Crippen LogP contribution in [0, 0.1) is 0 Å². The van der Waals surface area contributed by atoms with Gasteiger partial charge >= 0.3 is 0 Å². The van der Waals surface area contributed by atoms with E-state index in [1.165, 1.54) is 98.6 Å². The molecule has 0 unspecified atom stereocenters. The molecule has 1 heterocycles. The maximum atomic E-state index is 2.43. The highest BCUT2D eigenvalue weighted by Gasteiger charge is 2.19. The lowest BCUT2D eigenvalue weighted by atomic mass is 9.85. The van der Waals surface area contributed by atoms with Crippen LogP contribution in [-0.2, 0) is 0 Å². The van der Waals surface area contributed by atoms with Gasteiger partial charge in [0, 0.05) is 16.5 Å². The summed E-state index contributed by atoms with van der Waals surface area (Å²) in [6.07, 6.45) is 0. The summed E-state index contributed by atoms with van der Waals surface area (Å²) in [5, 5.41) is 10.1. The molecule has 10 aromatic carbocycles. The normalized spacial score (nSPS) is 11.6. The maximum Gasteiger partial charge on any atom is 0.0541 e. The first kappa shape index (κ1) is 31.3. The highest BCUT2D eigenvalue weighted by Crippen LogP contribution is 2.45. The number of nitrogens with zero attached hydrogens (tertiary/aromatic N) is 1. The van der Waals surface area contributed by atoms with E-state index in [-0.39, 0.29) is 0 Å². The Bertz CT molecular complexity index is 3220. The van der Waals surface area contributed by atoms with Gasteiger partial charge in [-0.05, 0) is 119 Å². The van der Waals surface area contributed by atoms with Crippen molar-refractivity contribution in [3.8, 4) is 50.2 Å². The average molecular weight is 698 g/mol. The van der Waals surface area contributed by atoms with Gasteiger partial charge < -0.3 is 4.57 Å². The standard InChI is InChI=1S/C54H35N/c1-4-16-37(17-5-1)53-45-24-12-13-25-46(45)54(38-18-6-2-7-19-38)50-34-39(27-30-47(50)53)40-28-31-51-48(33-40)49-35-41(44-26-14-20-36-15-10-11-23-43(36)44)29-32-52(49)55(51)42-21-8-3-9-22-42/h1-35H. The summed E-state index contributed by atoms with van der Waals surface area (Å²) in [5.74, 6) is 0. The zero-order chi connectivity index (χ0) is 36.3. The molecule has 0 N–H and O–H groups in total. The highest BCUT2D eigenvalue weighted by atomic mass is 15.0. The maximum absolute atomic E-state index is 2.43. The van der Waals surface area contributed by atoms with Crippen LogP contribution in [0.2, 0.25) is 0 Å². The van der Waals surface area contributed by atoms with Crippen LogP contribution >= 0.6 is 0 Å². The summed E-state index contributed by atoms with van der Waals surface area (Å²) < 4.78 is 2.41. The van der Waals surface area contributed by atoms with Crippen LogP contribution in [0.4, 0.5) is 0 Å². The first-order valence-electron chi connectivity index (χ1n) is 19.0. The van der Waals surface area contributed by atoms with Gasteiger partial charge in [-0.15, -0.1) is 0 Å². The molecule has 55 heavy (non-hydrogen) atoms. The quantitative estimate of drug-likeness (QED) is 0.158. The van der Waals surface area contributed by atoms with E-state index in [1.54, 1.807) is 0 Å². The van der Waals surface area contributed by atoms with Crippen LogP contribution in [0.5, 0.6) is 0 Å². The molecule has 0 aliphatic rings. The van der Waals surface area contributed by atoms with Crippen LogP contribution in [-0.4, -0.2) is 4.57 Å². The summed E-state index contributed by atoms with van der Waals surface area (Å²) in [6.45, 7) is 0. The molecule has 0 amide bonds. The summed E-state index contributed by atoms with van der Waals surface area (Å²) in [5.41, 5.74) is 13.4. The third kappa shape index (κ3) is 5.09. The molecule has 0 atom stereocenters. The molecule has 0 spiro atoms. The van der Waals surface area contributed by atoms with Gasteiger partial charge in [0.15, 0.2) is 0 Å². The molecule has 0 bridgehead atoms. The Morgan fingerprint density at radius 3 is 1.36 bits per heavy atom. The Hall–Kier alpha value is -7.22. The summed E-state index contributed by atoms with van der Waals surface area (Å²) in [4.78, 5) is 0. The molecule has 11 aromatic rings. The van der Waals surface area contributed by atoms with Gasteiger partial charge in [-0.3, -0.25) is 0 Å². The third-order valence-corrected chi connectivity index (χ3v) is 11.4. The molecule has 0 saturated heterocycles. The Morgan fingerprint density at radius 1 is 0.255 bits per heavy atom. The molecule has 0 radical (unpaired) electrons. The van der Waals surface area contributed by atoms with Crippen LogP contribution in [0.1, 0.15) is 0 Å². The van der Waals surface area contributed by atoms with Gasteiger partial charge in [-0.2, -0.15) is 0 Å². The smallest absolute Gasteiger partial charge is 0.0541 e. The predicted octanol–water partition coefficient (Wildman–Crippen LogP) is 14.9. The van der Waals surface area contributed by atoms with Crippen molar-refractivity contribution < 1.29 is 0 Å². The third-order valence-electron chi connectivity index (χ3n) is 11.4. The zero-order valence-electron chi connectivity index (χ0n) is 30.2.